The van der Waals surface area contributed by atoms with Crippen molar-refractivity contribution in [3.8, 4) is 0 Å². The monoisotopic (exact) mass is 1790 g/mol. The van der Waals surface area contributed by atoms with Crippen molar-refractivity contribution in [2.45, 2.75) is 262 Å². The molecule has 0 fully saturated rings. The van der Waals surface area contributed by atoms with Crippen molar-refractivity contribution in [1.29, 1.82) is 5.41 Å². The Hall–Kier alpha value is -11.9. The number of aliphatic carboxylic acids is 1. The number of benzene rings is 2. The Morgan fingerprint density at radius 2 is 0.810 bits per heavy atom. The first kappa shape index (κ1) is 108. The molecular weight excluding hydrogens is 1660 g/mol. The first-order chi connectivity index (χ1) is 59.5. The third-order valence-electron chi connectivity index (χ3n) is 20.4. The molecule has 16 amide bonds. The number of guanidine groups is 1. The Morgan fingerprint density at radius 1 is 0.437 bits per heavy atom. The van der Waals surface area contributed by atoms with Crippen LogP contribution in [0.4, 0.5) is 0 Å². The van der Waals surface area contributed by atoms with Gasteiger partial charge in [0, 0.05) is 44.1 Å². The summed E-state index contributed by atoms with van der Waals surface area (Å²) in [5.41, 5.74) is 35.1. The standard InChI is InChI=1S/C82H132N24O19S/c1-11-45(6)66(106-76(119)58(38-50-25-16-13-17-26-50)102-79(122)65(44(4)5)105-67(110)46(7)93-69(112)55(32-36-126-10)97-72(115)54(30-31-61(85)108)98-78(121)64(43(2)3)104-68(111)47(8)94-77(120)63(87)48(9)107)80(123)103-59(39-51-41-90-42-92-51)74(117)101-60(40-62(86)109)75(118)100-57(37-49-23-14-12-15-24-49)73(116)96-52(27-18-20-33-83)70(113)95-53(29-22-35-91-82(88)89)71(114)99-56(81(124)125)28-19-21-34-84/h12-17,23-26,41-48,52-60,63-66,107H,11,18-22,27-40,83-84,87H2,1-10H3,(H2,85,108)(H2,86,109)(H,90,92)(H,93,112)(H,94,120)(H,95,113)(H,96,116)(H,97,115)(H,98,121)(H,99,114)(H,100,118)(H,101,117)(H,102,122)(H,103,123)(H,104,111)(H,105,110)(H,106,119)(H,124,125)(H4,88,89,91)/t45-,46-,47-,48+,52-,53-,54-,55-,56-,57-,58-,59+,60-,63-,64-,65-,66-/m0/s1. The van der Waals surface area contributed by atoms with Crippen LogP contribution in [0.3, 0.4) is 0 Å². The molecule has 0 aliphatic carbocycles. The minimum Gasteiger partial charge on any atom is -0.480 e. The smallest absolute Gasteiger partial charge is 0.326 e. The molecular formula is C82H132N24O19S. The molecule has 31 N–H and O–H groups in total. The third-order valence-corrected chi connectivity index (χ3v) is 21.1. The minimum atomic E-state index is -1.88. The minimum absolute atomic E-state index is 0.0155. The Morgan fingerprint density at radius 3 is 1.23 bits per heavy atom. The fourth-order valence-electron chi connectivity index (χ4n) is 12.7. The van der Waals surface area contributed by atoms with Gasteiger partial charge in [0.15, 0.2) is 5.96 Å². The van der Waals surface area contributed by atoms with Crippen molar-refractivity contribution in [2.24, 2.45) is 52.2 Å². The molecule has 2 aromatic carbocycles. The van der Waals surface area contributed by atoms with E-state index in [2.05, 4.69) is 89.7 Å². The van der Waals surface area contributed by atoms with Crippen molar-refractivity contribution in [1.82, 2.24) is 89.7 Å². The zero-order valence-corrected chi connectivity index (χ0v) is 74.0. The van der Waals surface area contributed by atoms with Crippen LogP contribution in [0.1, 0.15) is 163 Å². The van der Waals surface area contributed by atoms with E-state index < -0.39 is 228 Å². The van der Waals surface area contributed by atoms with Gasteiger partial charge < -0.3 is 129 Å². The quantitative estimate of drug-likeness (QED) is 0.0143. The van der Waals surface area contributed by atoms with E-state index in [0.717, 1.165) is 0 Å². The number of carboxylic acid groups (broad SMARTS) is 1. The molecule has 44 heteroatoms. The van der Waals surface area contributed by atoms with Crippen LogP contribution in [-0.4, -0.2) is 255 Å². The lowest BCUT2D eigenvalue weighted by atomic mass is 9.96. The largest absolute Gasteiger partial charge is 0.480 e. The van der Waals surface area contributed by atoms with E-state index in [4.69, 9.17) is 39.8 Å². The number of aromatic amines is 1. The summed E-state index contributed by atoms with van der Waals surface area (Å²) >= 11 is 1.30. The van der Waals surface area contributed by atoms with Gasteiger partial charge in [-0.25, -0.2) is 9.78 Å². The highest BCUT2D eigenvalue weighted by Gasteiger charge is 2.40. The highest BCUT2D eigenvalue weighted by Crippen LogP contribution is 2.17. The lowest BCUT2D eigenvalue weighted by molar-refractivity contribution is -0.142. The molecule has 0 saturated carbocycles. The van der Waals surface area contributed by atoms with Gasteiger partial charge in [-0.2, -0.15) is 11.8 Å². The maximum atomic E-state index is 15.0. The SMILES string of the molecule is CC[C@H](C)[C@H](NC(=O)[C@H](Cc1ccccc1)NC(=O)[C@@H](NC(=O)[C@H](C)NC(=O)[C@H](CCSC)NC(=O)[C@H](CCC(N)=O)NC(=O)[C@@H](NC(=O)[C@H](C)NC(=O)[C@@H](N)[C@@H](C)O)C(C)C)C(C)C)C(=O)N[C@H](Cc1cnc[nH]1)C(=O)N[C@@H](CC(N)=O)C(=O)N[C@@H](Cc1ccccc1)C(=O)N[C@@H](CCCCN)C(=O)N[C@@H](CCCNC(=N)N)C(=O)N[C@@H](CCCCN)C(=O)O. The number of carbonyl (C=O) groups is 17. The van der Waals surface area contributed by atoms with E-state index in [9.17, 15) is 82.1 Å². The number of nitrogens with one attached hydrogen (secondary N) is 17. The van der Waals surface area contributed by atoms with Crippen LogP contribution >= 0.6 is 11.8 Å². The predicted octanol–water partition coefficient (Wildman–Crippen LogP) is -5.17. The predicted molar refractivity (Wildman–Crippen MR) is 468 cm³/mol. The summed E-state index contributed by atoms with van der Waals surface area (Å²) in [6.45, 7) is 14.1. The molecule has 3 rings (SSSR count). The molecule has 1 heterocycles. The van der Waals surface area contributed by atoms with E-state index in [1.165, 1.54) is 45.1 Å². The topological polar surface area (TPSA) is 720 Å². The van der Waals surface area contributed by atoms with E-state index in [0.29, 0.717) is 30.4 Å². The molecule has 0 unspecified atom stereocenters. The van der Waals surface area contributed by atoms with Crippen LogP contribution < -0.4 is 114 Å². The molecule has 700 valence electrons. The molecule has 0 bridgehead atoms. The molecule has 1 aromatic heterocycles. The van der Waals surface area contributed by atoms with Crippen molar-refractivity contribution < 1.29 is 91.7 Å². The zero-order valence-electron chi connectivity index (χ0n) is 73.2. The van der Waals surface area contributed by atoms with Gasteiger partial charge in [-0.15, -0.1) is 0 Å². The van der Waals surface area contributed by atoms with Gasteiger partial charge in [-0.1, -0.05) is 109 Å². The number of unbranched alkanes of at least 4 members (excludes halogenated alkanes) is 2. The number of carboxylic acids is 1. The number of hydrogen-bond donors (Lipinski definition) is 25. The van der Waals surface area contributed by atoms with Gasteiger partial charge in [0.1, 0.15) is 90.6 Å². The highest BCUT2D eigenvalue weighted by molar-refractivity contribution is 7.98. The maximum absolute atomic E-state index is 15.0. The summed E-state index contributed by atoms with van der Waals surface area (Å²) in [6, 6.07) is -5.38. The number of nitrogens with two attached hydrogens (primary N) is 6. The van der Waals surface area contributed by atoms with Gasteiger partial charge in [0.2, 0.25) is 94.5 Å². The second kappa shape index (κ2) is 56.9. The molecule has 0 saturated heterocycles. The van der Waals surface area contributed by atoms with E-state index in [-0.39, 0.29) is 108 Å². The number of aliphatic hydroxyl groups excluding tert-OH is 1. The van der Waals surface area contributed by atoms with E-state index in [1.807, 2.05) is 0 Å². The molecule has 0 radical (unpaired) electrons. The fourth-order valence-corrected chi connectivity index (χ4v) is 13.2. The number of thioether (sulfide) groups is 1. The molecule has 0 aliphatic heterocycles. The summed E-state index contributed by atoms with van der Waals surface area (Å²) in [5.74, 6) is -18.5. The second-order valence-corrected chi connectivity index (χ2v) is 32.6. The Balaban J connectivity index is 1.98. The number of carbonyl (C=O) groups excluding carboxylic acids is 16. The van der Waals surface area contributed by atoms with Crippen LogP contribution in [0.25, 0.3) is 0 Å². The Kier molecular flexibility index (Phi) is 48.9. The molecule has 0 spiro atoms. The van der Waals surface area contributed by atoms with Crippen LogP contribution in [-0.2, 0) is 101 Å². The molecule has 17 atom stereocenters. The average molecular weight is 1790 g/mol. The number of primary amides is 2. The zero-order chi connectivity index (χ0) is 94.4. The lowest BCUT2D eigenvalue weighted by Crippen LogP contribution is -2.62. The maximum Gasteiger partial charge on any atom is 0.326 e. The molecule has 126 heavy (non-hydrogen) atoms. The molecule has 0 aliphatic rings. The third kappa shape index (κ3) is 39.5. The number of aromatic nitrogens is 2. The summed E-state index contributed by atoms with van der Waals surface area (Å²) in [7, 11) is 0. The van der Waals surface area contributed by atoms with Crippen molar-refractivity contribution in [3.63, 3.8) is 0 Å². The first-order valence-corrected chi connectivity index (χ1v) is 43.5. The van der Waals surface area contributed by atoms with Crippen LogP contribution in [0, 0.1) is 23.2 Å². The number of hydrogen-bond acceptors (Lipinski definition) is 24. The first-order valence-electron chi connectivity index (χ1n) is 42.1. The van der Waals surface area contributed by atoms with Crippen molar-refractivity contribution >= 4 is 118 Å². The summed E-state index contributed by atoms with van der Waals surface area (Å²) in [4.78, 5) is 244. The number of rotatable bonds is 60. The highest BCUT2D eigenvalue weighted by atomic mass is 32.2. The summed E-state index contributed by atoms with van der Waals surface area (Å²) in [5, 5.41) is 66.2. The van der Waals surface area contributed by atoms with Gasteiger partial charge in [0.25, 0.3) is 0 Å². The average Bonchev–Trinajstić information content (AvgIpc) is 0.970. The normalized spacial score (nSPS) is 15.2. The second-order valence-electron chi connectivity index (χ2n) is 31.6. The van der Waals surface area contributed by atoms with Crippen molar-refractivity contribution in [2.75, 3.05) is 31.6 Å². The number of imidazole rings is 1. The molecule has 43 nitrogen and oxygen atoms in total. The Bertz CT molecular complexity index is 4080. The fraction of sp³-hybridized carbons (Fsp3) is 0.598. The van der Waals surface area contributed by atoms with Crippen LogP contribution in [0.5, 0.6) is 0 Å². The van der Waals surface area contributed by atoms with E-state index >= 15 is 9.59 Å². The van der Waals surface area contributed by atoms with Crippen LogP contribution in [0.15, 0.2) is 73.2 Å². The van der Waals surface area contributed by atoms with Crippen molar-refractivity contribution in [3.05, 3.63) is 90.0 Å². The lowest BCUT2D eigenvalue weighted by Gasteiger charge is -2.30. The van der Waals surface area contributed by atoms with Gasteiger partial charge in [-0.3, -0.25) is 82.1 Å². The molecule has 3 aromatic rings. The summed E-state index contributed by atoms with van der Waals surface area (Å²) in [6.07, 6.45) is 2.20. The Labute approximate surface area is 737 Å². The number of amides is 16. The number of H-pyrrole nitrogens is 1. The summed E-state index contributed by atoms with van der Waals surface area (Å²) < 4.78 is 0. The number of nitrogens with zero attached hydrogens (tertiary/aromatic N) is 1. The van der Waals surface area contributed by atoms with Gasteiger partial charge in [-0.05, 0) is 139 Å². The van der Waals surface area contributed by atoms with Gasteiger partial charge >= 0.3 is 5.97 Å². The van der Waals surface area contributed by atoms with E-state index in [1.54, 1.807) is 108 Å². The van der Waals surface area contributed by atoms with Crippen LogP contribution in [0.2, 0.25) is 0 Å². The van der Waals surface area contributed by atoms with Gasteiger partial charge in [0.05, 0.1) is 18.9 Å². The number of aliphatic hydroxyl groups is 1.